The van der Waals surface area contributed by atoms with Crippen molar-refractivity contribution in [2.75, 3.05) is 26.9 Å². The third kappa shape index (κ3) is 4.42. The van der Waals surface area contributed by atoms with E-state index in [0.717, 1.165) is 12.3 Å². The number of carbonyl (C=O) groups is 4. The largest absolute Gasteiger partial charge is 0.467 e. The van der Waals surface area contributed by atoms with Gasteiger partial charge in [0.1, 0.15) is 5.92 Å². The van der Waals surface area contributed by atoms with E-state index in [1.165, 1.54) is 0 Å². The molecule has 11 nitrogen and oxygen atoms in total. The van der Waals surface area contributed by atoms with Crippen molar-refractivity contribution in [1.82, 2.24) is 5.23 Å². The second-order valence-electron chi connectivity index (χ2n) is 6.05. The highest BCUT2D eigenvalue weighted by Gasteiger charge is 2.63. The van der Waals surface area contributed by atoms with Crippen LogP contribution in [0.5, 0.6) is 0 Å². The topological polar surface area (TPSA) is 127 Å². The van der Waals surface area contributed by atoms with E-state index >= 15 is 0 Å². The molecule has 2 fully saturated rings. The van der Waals surface area contributed by atoms with Crippen molar-refractivity contribution in [2.45, 2.75) is 45.4 Å². The summed E-state index contributed by atoms with van der Waals surface area (Å²) in [5.74, 6) is -4.86. The maximum Gasteiger partial charge on any atom is 0.338 e. The molecule has 0 N–H and O–H groups in total. The lowest BCUT2D eigenvalue weighted by atomic mass is 9.82. The maximum atomic E-state index is 12.6. The molecule has 11 heteroatoms. The van der Waals surface area contributed by atoms with Crippen molar-refractivity contribution in [3.8, 4) is 0 Å². The Labute approximate surface area is 162 Å². The van der Waals surface area contributed by atoms with E-state index in [0.29, 0.717) is 0 Å². The molecule has 0 unspecified atom stereocenters. The molecular formula is C17H25NO10. The average molecular weight is 403 g/mol. The summed E-state index contributed by atoms with van der Waals surface area (Å²) in [4.78, 5) is 60.0. The molecule has 0 radical (unpaired) electrons. The van der Waals surface area contributed by atoms with Gasteiger partial charge in [-0.05, 0) is 20.8 Å². The van der Waals surface area contributed by atoms with Crippen LogP contribution in [-0.2, 0) is 47.8 Å². The molecule has 5 atom stereocenters. The van der Waals surface area contributed by atoms with Gasteiger partial charge in [0.05, 0.1) is 39.4 Å². The Kier molecular flexibility index (Phi) is 7.72. The van der Waals surface area contributed by atoms with Gasteiger partial charge in [0.25, 0.3) is 0 Å². The number of hydroxylamine groups is 2. The molecule has 0 amide bonds. The van der Waals surface area contributed by atoms with Crippen molar-refractivity contribution >= 4 is 23.9 Å². The molecule has 0 aromatic rings. The quantitative estimate of drug-likeness (QED) is 0.394. The number of nitrogens with zero attached hydrogens (tertiary/aromatic N) is 1. The molecule has 0 aliphatic carbocycles. The van der Waals surface area contributed by atoms with Gasteiger partial charge < -0.3 is 18.9 Å². The number of rotatable bonds is 8. The van der Waals surface area contributed by atoms with Gasteiger partial charge in [0, 0.05) is 5.92 Å². The van der Waals surface area contributed by atoms with Gasteiger partial charge in [-0.1, -0.05) is 5.23 Å². The first-order valence-corrected chi connectivity index (χ1v) is 9.08. The van der Waals surface area contributed by atoms with Crippen molar-refractivity contribution in [1.29, 1.82) is 0 Å². The standard InChI is InChI=1S/C17H25NO10/c1-5-24-10(19)8-9-12-11(15(20)25-6-2)14(16(21)23-4)28-18(12)27-13(9)17(22)26-7-3/h9,11-14H,5-8H2,1-4H3/t9-,11-,12-,13-,14+/m0/s1. The first kappa shape index (κ1) is 22.1. The van der Waals surface area contributed by atoms with Crippen molar-refractivity contribution in [2.24, 2.45) is 11.8 Å². The van der Waals surface area contributed by atoms with Gasteiger partial charge in [-0.15, -0.1) is 0 Å². The maximum absolute atomic E-state index is 12.6. The van der Waals surface area contributed by atoms with E-state index in [1.54, 1.807) is 20.8 Å². The normalized spacial score (nSPS) is 29.1. The fourth-order valence-electron chi connectivity index (χ4n) is 3.33. The summed E-state index contributed by atoms with van der Waals surface area (Å²) in [7, 11) is 1.15. The van der Waals surface area contributed by atoms with Crippen molar-refractivity contribution < 1.29 is 47.8 Å². The summed E-state index contributed by atoms with van der Waals surface area (Å²) >= 11 is 0. The van der Waals surface area contributed by atoms with Gasteiger partial charge in [-0.2, -0.15) is 0 Å². The Balaban J connectivity index is 2.36. The van der Waals surface area contributed by atoms with Crippen LogP contribution >= 0.6 is 0 Å². The van der Waals surface area contributed by atoms with Crippen molar-refractivity contribution in [3.05, 3.63) is 0 Å². The Morgan fingerprint density at radius 3 is 1.96 bits per heavy atom. The fourth-order valence-corrected chi connectivity index (χ4v) is 3.33. The third-order valence-electron chi connectivity index (χ3n) is 4.42. The van der Waals surface area contributed by atoms with Crippen LogP contribution in [0, 0.1) is 11.8 Å². The zero-order valence-electron chi connectivity index (χ0n) is 16.2. The second-order valence-corrected chi connectivity index (χ2v) is 6.05. The molecular weight excluding hydrogens is 378 g/mol. The zero-order chi connectivity index (χ0) is 20.8. The molecule has 2 rings (SSSR count). The SMILES string of the molecule is CCOC(=O)C[C@H]1[C@H]2[C@H](C(=O)OCC)[C@H](C(=O)OC)ON2O[C@@H]1C(=O)OCC. The van der Waals surface area contributed by atoms with Crippen LogP contribution in [-0.4, -0.2) is 74.3 Å². The van der Waals surface area contributed by atoms with E-state index in [9.17, 15) is 19.2 Å². The molecule has 2 aliphatic rings. The Morgan fingerprint density at radius 1 is 0.821 bits per heavy atom. The van der Waals surface area contributed by atoms with E-state index in [1.807, 2.05) is 0 Å². The van der Waals surface area contributed by atoms with Crippen LogP contribution in [0.1, 0.15) is 27.2 Å². The van der Waals surface area contributed by atoms with E-state index < -0.39 is 54.0 Å². The summed E-state index contributed by atoms with van der Waals surface area (Å²) < 4.78 is 19.7. The van der Waals surface area contributed by atoms with Gasteiger partial charge in [-0.25, -0.2) is 9.59 Å². The van der Waals surface area contributed by atoms with Gasteiger partial charge in [0.15, 0.2) is 12.2 Å². The molecule has 2 aliphatic heterocycles. The van der Waals surface area contributed by atoms with Crippen LogP contribution in [0.15, 0.2) is 0 Å². The molecule has 2 saturated heterocycles. The first-order valence-electron chi connectivity index (χ1n) is 9.08. The highest BCUT2D eigenvalue weighted by atomic mass is 17.0. The minimum Gasteiger partial charge on any atom is -0.467 e. The molecule has 0 aromatic carbocycles. The van der Waals surface area contributed by atoms with Gasteiger partial charge in [0.2, 0.25) is 0 Å². The van der Waals surface area contributed by atoms with Crippen LogP contribution in [0.3, 0.4) is 0 Å². The predicted octanol–water partition coefficient (Wildman–Crippen LogP) is -0.231. The minimum absolute atomic E-state index is 0.0701. The average Bonchev–Trinajstić information content (AvgIpc) is 3.18. The monoisotopic (exact) mass is 403 g/mol. The lowest BCUT2D eigenvalue weighted by Crippen LogP contribution is -2.44. The van der Waals surface area contributed by atoms with E-state index in [-0.39, 0.29) is 26.2 Å². The zero-order valence-corrected chi connectivity index (χ0v) is 16.2. The highest BCUT2D eigenvalue weighted by molar-refractivity contribution is 5.86. The minimum atomic E-state index is -1.33. The lowest BCUT2D eigenvalue weighted by molar-refractivity contribution is -0.350. The molecule has 0 spiro atoms. The van der Waals surface area contributed by atoms with Crippen LogP contribution < -0.4 is 0 Å². The predicted molar refractivity (Wildman–Crippen MR) is 88.9 cm³/mol. The number of ether oxygens (including phenoxy) is 4. The van der Waals surface area contributed by atoms with Crippen LogP contribution in [0.25, 0.3) is 0 Å². The van der Waals surface area contributed by atoms with Crippen LogP contribution in [0.2, 0.25) is 0 Å². The van der Waals surface area contributed by atoms with E-state index in [4.69, 9.17) is 23.9 Å². The lowest BCUT2D eigenvalue weighted by Gasteiger charge is -2.23. The Bertz CT molecular complexity index is 609. The number of hydrogen-bond acceptors (Lipinski definition) is 11. The Hall–Kier alpha value is -2.24. The number of hydrogen-bond donors (Lipinski definition) is 0. The molecule has 2 heterocycles. The molecule has 28 heavy (non-hydrogen) atoms. The number of fused-ring (bicyclic) bond motifs is 1. The first-order chi connectivity index (χ1) is 13.4. The summed E-state index contributed by atoms with van der Waals surface area (Å²) in [5, 5.41) is 0.897. The highest BCUT2D eigenvalue weighted by Crippen LogP contribution is 2.43. The van der Waals surface area contributed by atoms with Crippen LogP contribution in [0.4, 0.5) is 0 Å². The molecule has 0 bridgehead atoms. The van der Waals surface area contributed by atoms with E-state index in [2.05, 4.69) is 4.74 Å². The number of esters is 4. The summed E-state index contributed by atoms with van der Waals surface area (Å²) in [6, 6.07) is -0.943. The van der Waals surface area contributed by atoms with Crippen molar-refractivity contribution in [3.63, 3.8) is 0 Å². The smallest absolute Gasteiger partial charge is 0.338 e. The second kappa shape index (κ2) is 9.80. The third-order valence-corrected chi connectivity index (χ3v) is 4.42. The number of carbonyl (C=O) groups excluding carboxylic acids is 4. The summed E-state index contributed by atoms with van der Waals surface area (Å²) in [6.07, 6.45) is -2.78. The van der Waals surface area contributed by atoms with Gasteiger partial charge >= 0.3 is 23.9 Å². The fraction of sp³-hybridized carbons (Fsp3) is 0.765. The molecule has 0 aromatic heterocycles. The summed E-state index contributed by atoms with van der Waals surface area (Å²) in [5.41, 5.74) is 0. The molecule has 158 valence electrons. The Morgan fingerprint density at radius 2 is 1.39 bits per heavy atom. The number of methoxy groups -OCH3 is 1. The summed E-state index contributed by atoms with van der Waals surface area (Å²) in [6.45, 7) is 5.20. The van der Waals surface area contributed by atoms with Gasteiger partial charge in [-0.3, -0.25) is 19.3 Å². The molecule has 0 saturated carbocycles.